The van der Waals surface area contributed by atoms with Crippen molar-refractivity contribution in [1.29, 1.82) is 0 Å². The lowest BCUT2D eigenvalue weighted by Gasteiger charge is -2.43. The second-order valence-corrected chi connectivity index (χ2v) is 10.9. The average molecular weight is 537 g/mol. The van der Waals surface area contributed by atoms with E-state index in [1.54, 1.807) is 13.2 Å². The number of methoxy groups -OCH3 is 2. The highest BCUT2D eigenvalue weighted by Gasteiger charge is 2.36. The highest BCUT2D eigenvalue weighted by molar-refractivity contribution is 6.33. The first-order valence-corrected chi connectivity index (χ1v) is 13.9. The van der Waals surface area contributed by atoms with Gasteiger partial charge in [-0.15, -0.1) is 0 Å². The second kappa shape index (κ2) is 13.1. The van der Waals surface area contributed by atoms with Gasteiger partial charge in [0.2, 0.25) is 0 Å². The molecular weight excluding hydrogens is 496 g/mol. The largest absolute Gasteiger partial charge is 0.496 e. The Hall–Kier alpha value is -2.07. The smallest absolute Gasteiger partial charge is 0.306 e. The molecule has 0 radical (unpaired) electrons. The van der Waals surface area contributed by atoms with Crippen LogP contribution in [0.5, 0.6) is 5.75 Å². The number of esters is 1. The molecule has 4 aliphatic rings. The van der Waals surface area contributed by atoms with Crippen molar-refractivity contribution in [3.05, 3.63) is 22.7 Å². The van der Waals surface area contributed by atoms with Crippen LogP contribution < -0.4 is 15.8 Å². The number of fused-ring (bicyclic) bond motifs is 3. The number of nitrogens with zero attached hydrogens (tertiary/aromatic N) is 2. The molecule has 9 nitrogen and oxygen atoms in total. The molecule has 206 valence electrons. The van der Waals surface area contributed by atoms with E-state index in [4.69, 9.17) is 31.5 Å². The molecule has 0 saturated carbocycles. The zero-order valence-corrected chi connectivity index (χ0v) is 22.8. The molecule has 1 amide bonds. The molecule has 4 saturated heterocycles. The van der Waals surface area contributed by atoms with Crippen molar-refractivity contribution >= 4 is 29.2 Å². The minimum absolute atomic E-state index is 0.0474. The van der Waals surface area contributed by atoms with Gasteiger partial charge < -0.3 is 30.2 Å². The quantitative estimate of drug-likeness (QED) is 0.252. The van der Waals surface area contributed by atoms with Gasteiger partial charge in [0.15, 0.2) is 0 Å². The maximum atomic E-state index is 13.0. The lowest BCUT2D eigenvalue weighted by Crippen LogP contribution is -2.54. The summed E-state index contributed by atoms with van der Waals surface area (Å²) in [6, 6.07) is 2.98. The van der Waals surface area contributed by atoms with E-state index in [1.165, 1.54) is 13.2 Å². The van der Waals surface area contributed by atoms with Gasteiger partial charge in [-0.25, -0.2) is 0 Å². The van der Waals surface area contributed by atoms with Gasteiger partial charge in [-0.2, -0.15) is 0 Å². The van der Waals surface area contributed by atoms with E-state index in [1.807, 2.05) is 0 Å². The number of rotatable bonds is 11. The van der Waals surface area contributed by atoms with Gasteiger partial charge >= 0.3 is 5.97 Å². The van der Waals surface area contributed by atoms with Gasteiger partial charge in [-0.1, -0.05) is 18.0 Å². The van der Waals surface area contributed by atoms with Crippen LogP contribution >= 0.6 is 11.6 Å². The standard InChI is InChI=1S/C27H41ClN4O5/c1-35-23-15-21(29)20(28)14-19(23)27(34)30-22-9-13-31(17-25(22)36-2)10-5-3-4-6-26(33)37-24-16-32-11-7-18(24)8-12-32/h14-15,18,22,24-25H,3-13,16-17,29H2,1-2H3,(H,30,34)/t22-,24?,25+/m1/s1. The number of likely N-dealkylation sites (tertiary alicyclic amines) is 1. The Morgan fingerprint density at radius 1 is 1.05 bits per heavy atom. The highest BCUT2D eigenvalue weighted by Crippen LogP contribution is 2.30. The molecule has 0 aromatic heterocycles. The zero-order valence-electron chi connectivity index (χ0n) is 22.0. The van der Waals surface area contributed by atoms with Crippen LogP contribution in [-0.2, 0) is 14.3 Å². The summed E-state index contributed by atoms with van der Waals surface area (Å²) < 4.78 is 16.8. The summed E-state index contributed by atoms with van der Waals surface area (Å²) in [7, 11) is 3.17. The van der Waals surface area contributed by atoms with Gasteiger partial charge in [0.05, 0.1) is 35.5 Å². The number of piperidine rings is 4. The number of nitrogens with one attached hydrogen (secondary N) is 1. The van der Waals surface area contributed by atoms with Crippen molar-refractivity contribution in [3.63, 3.8) is 0 Å². The van der Waals surface area contributed by atoms with Crippen LogP contribution in [0, 0.1) is 5.92 Å². The van der Waals surface area contributed by atoms with Crippen LogP contribution in [0.2, 0.25) is 5.02 Å². The topological polar surface area (TPSA) is 106 Å². The fraction of sp³-hybridized carbons (Fsp3) is 0.704. The normalized spacial score (nSPS) is 27.6. The Bertz CT molecular complexity index is 940. The molecule has 1 aromatic rings. The molecule has 5 rings (SSSR count). The van der Waals surface area contributed by atoms with Crippen LogP contribution in [0.15, 0.2) is 12.1 Å². The van der Waals surface area contributed by atoms with E-state index < -0.39 is 0 Å². The Morgan fingerprint density at radius 3 is 2.51 bits per heavy atom. The summed E-state index contributed by atoms with van der Waals surface area (Å²) in [6.45, 7) is 5.76. The number of benzene rings is 1. The van der Waals surface area contributed by atoms with E-state index in [0.29, 0.717) is 34.4 Å². The van der Waals surface area contributed by atoms with E-state index in [0.717, 1.165) is 77.8 Å². The molecule has 2 bridgehead atoms. The summed E-state index contributed by atoms with van der Waals surface area (Å²) in [5.74, 6) is 0.637. The lowest BCUT2D eigenvalue weighted by molar-refractivity contribution is -0.158. The monoisotopic (exact) mass is 536 g/mol. The van der Waals surface area contributed by atoms with Crippen molar-refractivity contribution in [2.45, 2.75) is 63.2 Å². The van der Waals surface area contributed by atoms with E-state index in [9.17, 15) is 9.59 Å². The van der Waals surface area contributed by atoms with Crippen LogP contribution in [0.3, 0.4) is 0 Å². The fourth-order valence-electron chi connectivity index (χ4n) is 5.80. The molecule has 37 heavy (non-hydrogen) atoms. The van der Waals surface area contributed by atoms with Crippen molar-refractivity contribution in [3.8, 4) is 5.75 Å². The summed E-state index contributed by atoms with van der Waals surface area (Å²) in [5.41, 5.74) is 6.56. The summed E-state index contributed by atoms with van der Waals surface area (Å²) in [5, 5.41) is 3.40. The van der Waals surface area contributed by atoms with Crippen LogP contribution in [-0.4, -0.2) is 93.4 Å². The second-order valence-electron chi connectivity index (χ2n) is 10.5. The van der Waals surface area contributed by atoms with E-state index in [-0.39, 0.29) is 30.1 Å². The Labute approximate surface area is 224 Å². The predicted molar refractivity (Wildman–Crippen MR) is 143 cm³/mol. The van der Waals surface area contributed by atoms with Gasteiger partial charge in [0.1, 0.15) is 11.9 Å². The van der Waals surface area contributed by atoms with E-state index >= 15 is 0 Å². The molecule has 10 heteroatoms. The minimum atomic E-state index is -0.260. The number of hydrogen-bond donors (Lipinski definition) is 2. The maximum Gasteiger partial charge on any atom is 0.306 e. The van der Waals surface area contributed by atoms with Gasteiger partial charge in [0.25, 0.3) is 5.91 Å². The third kappa shape index (κ3) is 7.28. The fourth-order valence-corrected chi connectivity index (χ4v) is 5.97. The molecule has 4 aliphatic heterocycles. The summed E-state index contributed by atoms with van der Waals surface area (Å²) in [4.78, 5) is 30.0. The van der Waals surface area contributed by atoms with Gasteiger partial charge in [-0.3, -0.25) is 14.5 Å². The molecule has 0 aliphatic carbocycles. The molecule has 4 fully saturated rings. The number of anilines is 1. The molecule has 4 heterocycles. The van der Waals surface area contributed by atoms with Crippen molar-refractivity contribution < 1.29 is 23.8 Å². The first kappa shape index (κ1) is 28.0. The number of halogens is 1. The average Bonchev–Trinajstić information content (AvgIpc) is 2.91. The number of nitrogen functional groups attached to an aromatic ring is 1. The first-order valence-electron chi connectivity index (χ1n) is 13.5. The molecule has 1 aromatic carbocycles. The Morgan fingerprint density at radius 2 is 1.84 bits per heavy atom. The third-order valence-electron chi connectivity index (χ3n) is 8.06. The number of ether oxygens (including phenoxy) is 3. The van der Waals surface area contributed by atoms with Crippen LogP contribution in [0.25, 0.3) is 0 Å². The highest BCUT2D eigenvalue weighted by atomic mass is 35.5. The van der Waals surface area contributed by atoms with Crippen LogP contribution in [0.1, 0.15) is 55.3 Å². The number of carbonyl (C=O) groups is 2. The van der Waals surface area contributed by atoms with Crippen molar-refractivity contribution in [2.75, 3.05) is 59.2 Å². The first-order chi connectivity index (χ1) is 17.9. The molecule has 0 spiro atoms. The number of carbonyl (C=O) groups excluding carboxylic acids is 2. The predicted octanol–water partition coefficient (Wildman–Crippen LogP) is 2.95. The lowest BCUT2D eigenvalue weighted by atomic mass is 9.86. The number of amides is 1. The Balaban J connectivity index is 1.15. The Kier molecular flexibility index (Phi) is 9.92. The third-order valence-corrected chi connectivity index (χ3v) is 8.39. The van der Waals surface area contributed by atoms with Crippen molar-refractivity contribution in [1.82, 2.24) is 15.1 Å². The minimum Gasteiger partial charge on any atom is -0.496 e. The summed E-state index contributed by atoms with van der Waals surface area (Å²) in [6.07, 6.45) is 6.42. The molecular formula is C27H41ClN4O5. The molecule has 3 N–H and O–H groups in total. The number of unbranched alkanes of at least 4 members (excludes halogenated alkanes) is 2. The number of nitrogens with two attached hydrogens (primary N) is 1. The number of hydrogen-bond acceptors (Lipinski definition) is 8. The van der Waals surface area contributed by atoms with Gasteiger partial charge in [0, 0.05) is 39.2 Å². The molecule has 1 unspecified atom stereocenters. The maximum absolute atomic E-state index is 13.0. The molecule has 3 atom stereocenters. The van der Waals surface area contributed by atoms with Crippen molar-refractivity contribution in [2.24, 2.45) is 5.92 Å². The summed E-state index contributed by atoms with van der Waals surface area (Å²) >= 11 is 6.13. The van der Waals surface area contributed by atoms with Gasteiger partial charge in [-0.05, 0) is 63.7 Å². The van der Waals surface area contributed by atoms with E-state index in [2.05, 4.69) is 15.1 Å². The SMILES string of the molecule is COc1cc(N)c(Cl)cc1C(=O)N[C@@H]1CCN(CCCCCC(=O)OC2CN3CCC2CC3)C[C@@H]1OC. The zero-order chi connectivity index (χ0) is 26.4. The van der Waals surface area contributed by atoms with Crippen LogP contribution in [0.4, 0.5) is 5.69 Å².